The standard InChI is InChI=1S/C23H26ClF3N2O3/c1-13-4-7-20(15(3)18(13)12-29-9-8-17(11-29)32-22(30)31)28-21(23(25,26)27)16-5-6-19(24)14(2)10-16/h4-7,10,17,21,28H,8-9,11-12H2,1-3H3,(H,30,31)/t17-,21+/m1/s1. The van der Waals surface area contributed by atoms with Gasteiger partial charge in [0.1, 0.15) is 12.1 Å². The van der Waals surface area contributed by atoms with Crippen molar-refractivity contribution in [2.45, 2.75) is 52.1 Å². The lowest BCUT2D eigenvalue weighted by Crippen LogP contribution is -2.29. The van der Waals surface area contributed by atoms with Gasteiger partial charge >= 0.3 is 12.3 Å². The molecule has 0 unspecified atom stereocenters. The first-order chi connectivity index (χ1) is 15.0. The molecule has 0 aromatic heterocycles. The van der Waals surface area contributed by atoms with Gasteiger partial charge < -0.3 is 15.2 Å². The van der Waals surface area contributed by atoms with Crippen LogP contribution in [0.2, 0.25) is 5.02 Å². The molecule has 1 aliphatic rings. The molecule has 2 N–H and O–H groups in total. The molecule has 1 saturated heterocycles. The van der Waals surface area contributed by atoms with Gasteiger partial charge in [0.05, 0.1) is 0 Å². The Labute approximate surface area is 190 Å². The Balaban J connectivity index is 1.84. The second-order valence-electron chi connectivity index (χ2n) is 8.19. The number of nitrogens with one attached hydrogen (secondary N) is 1. The van der Waals surface area contributed by atoms with Gasteiger partial charge in [-0.05, 0) is 67.1 Å². The van der Waals surface area contributed by atoms with Crippen LogP contribution < -0.4 is 5.32 Å². The maximum absolute atomic E-state index is 13.9. The maximum atomic E-state index is 13.9. The number of anilines is 1. The van der Waals surface area contributed by atoms with Gasteiger partial charge in [-0.3, -0.25) is 4.90 Å². The summed E-state index contributed by atoms with van der Waals surface area (Å²) in [5.74, 6) is 0. The Morgan fingerprint density at radius 2 is 1.97 bits per heavy atom. The highest BCUT2D eigenvalue weighted by atomic mass is 35.5. The molecule has 3 rings (SSSR count). The number of hydrogen-bond donors (Lipinski definition) is 2. The van der Waals surface area contributed by atoms with E-state index in [2.05, 4.69) is 10.2 Å². The van der Waals surface area contributed by atoms with Crippen molar-refractivity contribution in [3.63, 3.8) is 0 Å². The van der Waals surface area contributed by atoms with Gasteiger partial charge in [0, 0.05) is 30.3 Å². The number of nitrogens with zero attached hydrogens (tertiary/aromatic N) is 1. The average Bonchev–Trinajstić information content (AvgIpc) is 3.12. The molecular formula is C23H26ClF3N2O3. The second kappa shape index (κ2) is 9.58. The molecule has 2 atom stereocenters. The zero-order chi connectivity index (χ0) is 23.6. The number of ether oxygens (including phenoxy) is 1. The van der Waals surface area contributed by atoms with Crippen LogP contribution in [0.4, 0.5) is 23.7 Å². The van der Waals surface area contributed by atoms with Crippen LogP contribution >= 0.6 is 11.6 Å². The third kappa shape index (κ3) is 5.66. The Morgan fingerprint density at radius 1 is 1.25 bits per heavy atom. The lowest BCUT2D eigenvalue weighted by atomic mass is 9.98. The molecule has 174 valence electrons. The van der Waals surface area contributed by atoms with Crippen molar-refractivity contribution < 1.29 is 27.8 Å². The summed E-state index contributed by atoms with van der Waals surface area (Å²) in [6.45, 7) is 7.00. The monoisotopic (exact) mass is 470 g/mol. The molecule has 2 aromatic rings. The number of carboxylic acid groups (broad SMARTS) is 1. The van der Waals surface area contributed by atoms with Gasteiger partial charge in [0.2, 0.25) is 0 Å². The fraction of sp³-hybridized carbons (Fsp3) is 0.435. The van der Waals surface area contributed by atoms with Crippen LogP contribution in [0.15, 0.2) is 30.3 Å². The first-order valence-electron chi connectivity index (χ1n) is 10.3. The van der Waals surface area contributed by atoms with E-state index in [4.69, 9.17) is 21.4 Å². The van der Waals surface area contributed by atoms with Crippen molar-refractivity contribution in [1.82, 2.24) is 4.90 Å². The van der Waals surface area contributed by atoms with Gasteiger partial charge in [0.25, 0.3) is 0 Å². The molecule has 32 heavy (non-hydrogen) atoms. The smallest absolute Gasteiger partial charge is 0.450 e. The molecule has 0 saturated carbocycles. The first-order valence-corrected chi connectivity index (χ1v) is 10.6. The van der Waals surface area contributed by atoms with Crippen LogP contribution in [0.5, 0.6) is 0 Å². The van der Waals surface area contributed by atoms with Crippen molar-refractivity contribution in [3.05, 3.63) is 63.2 Å². The average molecular weight is 471 g/mol. The minimum atomic E-state index is -4.51. The van der Waals surface area contributed by atoms with Crippen molar-refractivity contribution in [3.8, 4) is 0 Å². The van der Waals surface area contributed by atoms with Gasteiger partial charge in [-0.2, -0.15) is 13.2 Å². The molecular weight excluding hydrogens is 445 g/mol. The molecule has 0 radical (unpaired) electrons. The zero-order valence-electron chi connectivity index (χ0n) is 18.1. The quantitative estimate of drug-likeness (QED) is 0.488. The second-order valence-corrected chi connectivity index (χ2v) is 8.60. The summed E-state index contributed by atoms with van der Waals surface area (Å²) in [6, 6.07) is 5.89. The number of rotatable bonds is 6. The Hall–Kier alpha value is -2.45. The highest BCUT2D eigenvalue weighted by molar-refractivity contribution is 6.31. The van der Waals surface area contributed by atoms with Crippen LogP contribution in [0.3, 0.4) is 0 Å². The highest BCUT2D eigenvalue weighted by Crippen LogP contribution is 2.38. The van der Waals surface area contributed by atoms with Gasteiger partial charge in [-0.1, -0.05) is 29.8 Å². The van der Waals surface area contributed by atoms with E-state index < -0.39 is 24.5 Å². The fourth-order valence-corrected chi connectivity index (χ4v) is 4.17. The highest BCUT2D eigenvalue weighted by Gasteiger charge is 2.41. The molecule has 0 bridgehead atoms. The van der Waals surface area contributed by atoms with E-state index in [9.17, 15) is 18.0 Å². The van der Waals surface area contributed by atoms with Crippen molar-refractivity contribution in [2.75, 3.05) is 18.4 Å². The van der Waals surface area contributed by atoms with E-state index in [1.54, 1.807) is 26.0 Å². The number of carbonyl (C=O) groups is 1. The third-order valence-corrected chi connectivity index (χ3v) is 6.28. The van der Waals surface area contributed by atoms with Gasteiger partial charge in [-0.25, -0.2) is 4.79 Å². The van der Waals surface area contributed by atoms with E-state index in [1.807, 2.05) is 6.92 Å². The van der Waals surface area contributed by atoms with Crippen molar-refractivity contribution in [1.29, 1.82) is 0 Å². The van der Waals surface area contributed by atoms with Crippen molar-refractivity contribution in [2.24, 2.45) is 0 Å². The topological polar surface area (TPSA) is 61.8 Å². The summed E-state index contributed by atoms with van der Waals surface area (Å²) in [5, 5.41) is 11.9. The summed E-state index contributed by atoms with van der Waals surface area (Å²) in [6.07, 6.45) is -5.61. The summed E-state index contributed by atoms with van der Waals surface area (Å²) >= 11 is 5.99. The largest absolute Gasteiger partial charge is 0.506 e. The number of alkyl halides is 3. The number of likely N-dealkylation sites (tertiary alicyclic amines) is 1. The molecule has 2 aromatic carbocycles. The molecule has 1 heterocycles. The predicted molar refractivity (Wildman–Crippen MR) is 117 cm³/mol. The van der Waals surface area contributed by atoms with E-state index >= 15 is 0 Å². The molecule has 1 aliphatic heterocycles. The van der Waals surface area contributed by atoms with E-state index in [0.717, 1.165) is 16.7 Å². The van der Waals surface area contributed by atoms with Crippen LogP contribution in [0.1, 0.15) is 40.3 Å². The minimum absolute atomic E-state index is 0.0918. The summed E-state index contributed by atoms with van der Waals surface area (Å²) < 4.78 is 46.7. The van der Waals surface area contributed by atoms with E-state index in [1.165, 1.54) is 18.2 Å². The third-order valence-electron chi connectivity index (χ3n) is 5.85. The minimum Gasteiger partial charge on any atom is -0.450 e. The number of halogens is 4. The molecule has 1 fully saturated rings. The summed E-state index contributed by atoms with van der Waals surface area (Å²) in [7, 11) is 0. The lowest BCUT2D eigenvalue weighted by Gasteiger charge is -2.26. The van der Waals surface area contributed by atoms with E-state index in [-0.39, 0.29) is 5.56 Å². The summed E-state index contributed by atoms with van der Waals surface area (Å²) in [5.41, 5.74) is 3.68. The Bertz CT molecular complexity index is 997. The van der Waals surface area contributed by atoms with Crippen molar-refractivity contribution >= 4 is 23.4 Å². The maximum Gasteiger partial charge on any atom is 0.506 e. The number of hydrogen-bond acceptors (Lipinski definition) is 4. The first kappa shape index (κ1) is 24.2. The van der Waals surface area contributed by atoms with Crippen LogP contribution in [-0.2, 0) is 11.3 Å². The Morgan fingerprint density at radius 3 is 2.59 bits per heavy atom. The normalized spacial score (nSPS) is 17.9. The molecule has 0 aliphatic carbocycles. The SMILES string of the molecule is Cc1cc([C@H](Nc2ccc(C)c(CN3CC[C@@H](OC(=O)O)C3)c2C)C(F)(F)F)ccc1Cl. The molecule has 5 nitrogen and oxygen atoms in total. The molecule has 0 spiro atoms. The van der Waals surface area contributed by atoms with Gasteiger partial charge in [0.15, 0.2) is 0 Å². The zero-order valence-corrected chi connectivity index (χ0v) is 18.8. The van der Waals surface area contributed by atoms with E-state index in [0.29, 0.717) is 42.3 Å². The number of aryl methyl sites for hydroxylation is 2. The fourth-order valence-electron chi connectivity index (χ4n) is 4.05. The van der Waals surface area contributed by atoms with Crippen LogP contribution in [-0.4, -0.2) is 41.5 Å². The molecule has 0 amide bonds. The van der Waals surface area contributed by atoms with Crippen LogP contribution in [0, 0.1) is 20.8 Å². The molecule has 9 heteroatoms. The van der Waals surface area contributed by atoms with Crippen LogP contribution in [0.25, 0.3) is 0 Å². The predicted octanol–water partition coefficient (Wildman–Crippen LogP) is 6.25. The Kier molecular flexibility index (Phi) is 7.25. The number of benzene rings is 2. The summed E-state index contributed by atoms with van der Waals surface area (Å²) in [4.78, 5) is 12.8. The van der Waals surface area contributed by atoms with Gasteiger partial charge in [-0.15, -0.1) is 0 Å². The lowest BCUT2D eigenvalue weighted by molar-refractivity contribution is -0.144.